The minimum absolute atomic E-state index is 0.881. The van der Waals surface area contributed by atoms with Crippen LogP contribution in [-0.2, 0) is 0 Å². The Morgan fingerprint density at radius 1 is 1.47 bits per heavy atom. The van der Waals surface area contributed by atoms with Gasteiger partial charge in [0.25, 0.3) is 0 Å². The van der Waals surface area contributed by atoms with Crippen LogP contribution in [0.15, 0.2) is 18.2 Å². The summed E-state index contributed by atoms with van der Waals surface area (Å²) in [5.74, 6) is 1.81. The average Bonchev–Trinajstić information content (AvgIpc) is 2.86. The number of hydrogen-bond acceptors (Lipinski definition) is 2. The molecule has 1 aliphatic carbocycles. The fourth-order valence-electron chi connectivity index (χ4n) is 2.01. The Morgan fingerprint density at radius 2 is 2.13 bits per heavy atom. The maximum Gasteiger partial charge on any atom is 0.0367 e. The summed E-state index contributed by atoms with van der Waals surface area (Å²) >= 11 is 0. The Kier molecular flexibility index (Phi) is 2.59. The van der Waals surface area contributed by atoms with Crippen LogP contribution in [0.1, 0.15) is 18.9 Å². The van der Waals surface area contributed by atoms with Crippen molar-refractivity contribution < 1.29 is 0 Å². The Hall–Kier alpha value is -1.18. The molecule has 0 bridgehead atoms. The summed E-state index contributed by atoms with van der Waals surface area (Å²) in [7, 11) is 2.16. The minimum Gasteiger partial charge on any atom is -0.399 e. The number of benzene rings is 1. The van der Waals surface area contributed by atoms with Crippen molar-refractivity contribution in [2.45, 2.75) is 20.3 Å². The summed E-state index contributed by atoms with van der Waals surface area (Å²) in [6.45, 7) is 5.56. The lowest BCUT2D eigenvalue weighted by molar-refractivity contribution is 0.725. The highest BCUT2D eigenvalue weighted by molar-refractivity contribution is 5.57. The van der Waals surface area contributed by atoms with E-state index >= 15 is 0 Å². The molecule has 2 nitrogen and oxygen atoms in total. The maximum atomic E-state index is 5.81. The molecule has 2 atom stereocenters. The molecule has 2 unspecified atom stereocenters. The fourth-order valence-corrected chi connectivity index (χ4v) is 2.01. The zero-order chi connectivity index (χ0) is 11.0. The molecule has 0 aromatic heterocycles. The van der Waals surface area contributed by atoms with Gasteiger partial charge in [-0.15, -0.1) is 0 Å². The first-order valence-electron chi connectivity index (χ1n) is 5.65. The Balaban J connectivity index is 2.04. The molecule has 82 valence electrons. The quantitative estimate of drug-likeness (QED) is 0.767. The molecule has 0 spiro atoms. The van der Waals surface area contributed by atoms with E-state index in [9.17, 15) is 0 Å². The van der Waals surface area contributed by atoms with Crippen LogP contribution in [0.2, 0.25) is 0 Å². The first-order valence-corrected chi connectivity index (χ1v) is 5.65. The third kappa shape index (κ3) is 2.25. The van der Waals surface area contributed by atoms with E-state index in [0.717, 1.165) is 17.5 Å². The van der Waals surface area contributed by atoms with Crippen LogP contribution in [0.4, 0.5) is 11.4 Å². The lowest BCUT2D eigenvalue weighted by Gasteiger charge is -2.20. The molecule has 2 heteroatoms. The minimum atomic E-state index is 0.881. The molecular weight excluding hydrogens is 184 g/mol. The molecule has 0 aliphatic heterocycles. The van der Waals surface area contributed by atoms with Gasteiger partial charge in [0.15, 0.2) is 0 Å². The number of nitrogens with zero attached hydrogens (tertiary/aromatic N) is 1. The second-order valence-corrected chi connectivity index (χ2v) is 4.89. The predicted octanol–water partition coefficient (Wildman–Crippen LogP) is 2.67. The van der Waals surface area contributed by atoms with Crippen LogP contribution >= 0.6 is 0 Å². The number of nitrogens with two attached hydrogens (primary N) is 1. The average molecular weight is 204 g/mol. The van der Waals surface area contributed by atoms with Gasteiger partial charge in [0.05, 0.1) is 0 Å². The summed E-state index contributed by atoms with van der Waals surface area (Å²) in [5, 5.41) is 0. The second kappa shape index (κ2) is 3.76. The number of rotatable bonds is 3. The summed E-state index contributed by atoms with van der Waals surface area (Å²) in [5.41, 5.74) is 9.14. The van der Waals surface area contributed by atoms with Gasteiger partial charge in [-0.2, -0.15) is 0 Å². The van der Waals surface area contributed by atoms with E-state index in [1.54, 1.807) is 0 Å². The molecule has 15 heavy (non-hydrogen) atoms. The highest BCUT2D eigenvalue weighted by Gasteiger charge is 2.33. The molecule has 0 amide bonds. The van der Waals surface area contributed by atoms with Gasteiger partial charge in [0.1, 0.15) is 0 Å². The lowest BCUT2D eigenvalue weighted by atomic mass is 10.1. The molecule has 2 N–H and O–H groups in total. The first kappa shape index (κ1) is 10.3. The van der Waals surface area contributed by atoms with Crippen molar-refractivity contribution in [1.29, 1.82) is 0 Å². The van der Waals surface area contributed by atoms with Gasteiger partial charge < -0.3 is 10.6 Å². The molecule has 1 aliphatic rings. The van der Waals surface area contributed by atoms with E-state index in [1.165, 1.54) is 24.2 Å². The van der Waals surface area contributed by atoms with Crippen molar-refractivity contribution in [2.24, 2.45) is 11.8 Å². The second-order valence-electron chi connectivity index (χ2n) is 4.89. The predicted molar refractivity (Wildman–Crippen MR) is 66.1 cm³/mol. The van der Waals surface area contributed by atoms with Gasteiger partial charge >= 0.3 is 0 Å². The van der Waals surface area contributed by atoms with Crippen LogP contribution in [0, 0.1) is 18.8 Å². The van der Waals surface area contributed by atoms with Gasteiger partial charge in [-0.1, -0.05) is 6.92 Å². The molecule has 0 saturated heterocycles. The fraction of sp³-hybridized carbons (Fsp3) is 0.538. The molecule has 2 rings (SSSR count). The van der Waals surface area contributed by atoms with Crippen molar-refractivity contribution in [1.82, 2.24) is 0 Å². The zero-order valence-electron chi connectivity index (χ0n) is 9.83. The van der Waals surface area contributed by atoms with E-state index in [1.807, 2.05) is 6.07 Å². The molecule has 0 radical (unpaired) electrons. The monoisotopic (exact) mass is 204 g/mol. The number of nitrogen functional groups attached to an aromatic ring is 1. The summed E-state index contributed by atoms with van der Waals surface area (Å²) in [6, 6.07) is 6.27. The van der Waals surface area contributed by atoms with Crippen molar-refractivity contribution in [3.05, 3.63) is 23.8 Å². The normalized spacial score (nSPS) is 23.9. The summed E-state index contributed by atoms with van der Waals surface area (Å²) in [6.07, 6.45) is 1.39. The van der Waals surface area contributed by atoms with Gasteiger partial charge in [-0.25, -0.2) is 0 Å². The standard InChI is InChI=1S/C13H20N2/c1-9-6-11(9)8-15(3)12-4-5-13(14)10(2)7-12/h4-5,7,9,11H,6,8,14H2,1-3H3. The Morgan fingerprint density at radius 3 is 2.67 bits per heavy atom. The zero-order valence-corrected chi connectivity index (χ0v) is 9.83. The Labute approximate surface area is 92.1 Å². The van der Waals surface area contributed by atoms with Crippen LogP contribution in [0.3, 0.4) is 0 Å². The lowest BCUT2D eigenvalue weighted by Crippen LogP contribution is -2.20. The van der Waals surface area contributed by atoms with Gasteiger partial charge in [-0.3, -0.25) is 0 Å². The van der Waals surface area contributed by atoms with Crippen LogP contribution in [0.25, 0.3) is 0 Å². The van der Waals surface area contributed by atoms with Crippen molar-refractivity contribution >= 4 is 11.4 Å². The summed E-state index contributed by atoms with van der Waals surface area (Å²) in [4.78, 5) is 2.33. The van der Waals surface area contributed by atoms with Crippen LogP contribution in [-0.4, -0.2) is 13.6 Å². The van der Waals surface area contributed by atoms with Gasteiger partial charge in [-0.05, 0) is 48.9 Å². The van der Waals surface area contributed by atoms with E-state index in [-0.39, 0.29) is 0 Å². The van der Waals surface area contributed by atoms with Gasteiger partial charge in [0.2, 0.25) is 0 Å². The van der Waals surface area contributed by atoms with Crippen LogP contribution < -0.4 is 10.6 Å². The topological polar surface area (TPSA) is 29.3 Å². The third-order valence-electron chi connectivity index (χ3n) is 3.48. The van der Waals surface area contributed by atoms with Gasteiger partial charge in [0, 0.05) is 25.0 Å². The smallest absolute Gasteiger partial charge is 0.0367 e. The van der Waals surface area contributed by atoms with E-state index in [0.29, 0.717) is 0 Å². The van der Waals surface area contributed by atoms with Crippen molar-refractivity contribution in [3.63, 3.8) is 0 Å². The number of aryl methyl sites for hydroxylation is 1. The van der Waals surface area contributed by atoms with Crippen molar-refractivity contribution in [2.75, 3.05) is 24.2 Å². The van der Waals surface area contributed by atoms with E-state index in [4.69, 9.17) is 5.73 Å². The largest absolute Gasteiger partial charge is 0.399 e. The highest BCUT2D eigenvalue weighted by atomic mass is 15.1. The van der Waals surface area contributed by atoms with Crippen molar-refractivity contribution in [3.8, 4) is 0 Å². The number of anilines is 2. The molecular formula is C13H20N2. The van der Waals surface area contributed by atoms with Crippen LogP contribution in [0.5, 0.6) is 0 Å². The number of hydrogen-bond donors (Lipinski definition) is 1. The SMILES string of the molecule is Cc1cc(N(C)CC2CC2C)ccc1N. The third-order valence-corrected chi connectivity index (χ3v) is 3.48. The molecule has 1 fully saturated rings. The Bertz CT molecular complexity index is 360. The first-order chi connectivity index (χ1) is 7.08. The van der Waals surface area contributed by atoms with E-state index < -0.39 is 0 Å². The maximum absolute atomic E-state index is 5.81. The van der Waals surface area contributed by atoms with E-state index in [2.05, 4.69) is 37.9 Å². The molecule has 0 heterocycles. The molecule has 1 saturated carbocycles. The highest BCUT2D eigenvalue weighted by Crippen LogP contribution is 2.38. The molecule has 1 aromatic carbocycles. The molecule has 1 aromatic rings. The summed E-state index contributed by atoms with van der Waals surface area (Å²) < 4.78 is 0.